The second-order valence-electron chi connectivity index (χ2n) is 4.40. The Labute approximate surface area is 86.5 Å². The quantitative estimate of drug-likeness (QED) is 0.752. The molecular weight excluding hydrogens is 170 g/mol. The van der Waals surface area contributed by atoms with Gasteiger partial charge in [0.1, 0.15) is 0 Å². The summed E-state index contributed by atoms with van der Waals surface area (Å²) in [5.41, 5.74) is 5.92. The summed E-state index contributed by atoms with van der Waals surface area (Å²) in [6, 6.07) is 4.73. The van der Waals surface area contributed by atoms with Crippen molar-refractivity contribution in [2.75, 3.05) is 11.9 Å². The molecule has 1 nitrogen and oxygen atoms in total. The molecule has 1 N–H and O–H groups in total. The van der Waals surface area contributed by atoms with Crippen LogP contribution >= 0.6 is 0 Å². The third kappa shape index (κ3) is 1.52. The number of anilines is 1. The first-order valence-corrected chi connectivity index (χ1v) is 5.62. The van der Waals surface area contributed by atoms with Gasteiger partial charge >= 0.3 is 0 Å². The zero-order valence-electron chi connectivity index (χ0n) is 9.35. The van der Waals surface area contributed by atoms with Crippen molar-refractivity contribution in [3.8, 4) is 0 Å². The minimum atomic E-state index is 0.626. The summed E-state index contributed by atoms with van der Waals surface area (Å²) in [7, 11) is 0. The number of hydrogen-bond donors (Lipinski definition) is 1. The molecular formula is C13H19N. The van der Waals surface area contributed by atoms with Crippen LogP contribution in [0, 0.1) is 0 Å². The lowest BCUT2D eigenvalue weighted by Gasteiger charge is -2.14. The molecule has 0 amide bonds. The number of nitrogens with one attached hydrogen (secondary N) is 1. The highest BCUT2D eigenvalue weighted by atomic mass is 14.9. The zero-order chi connectivity index (χ0) is 10.1. The first-order chi connectivity index (χ1) is 6.72. The van der Waals surface area contributed by atoms with Crippen LogP contribution in [0.25, 0.3) is 0 Å². The van der Waals surface area contributed by atoms with E-state index < -0.39 is 0 Å². The van der Waals surface area contributed by atoms with Crippen molar-refractivity contribution in [1.29, 1.82) is 0 Å². The van der Waals surface area contributed by atoms with E-state index in [1.54, 1.807) is 0 Å². The third-order valence-corrected chi connectivity index (χ3v) is 3.04. The fourth-order valence-electron chi connectivity index (χ4n) is 2.19. The molecule has 0 saturated carbocycles. The van der Waals surface area contributed by atoms with Gasteiger partial charge in [-0.2, -0.15) is 0 Å². The maximum Gasteiger partial charge on any atom is 0.0408 e. The fourth-order valence-corrected chi connectivity index (χ4v) is 2.19. The molecule has 0 unspecified atom stereocenters. The predicted octanol–water partition coefficient (Wildman–Crippen LogP) is 3.34. The van der Waals surface area contributed by atoms with Crippen molar-refractivity contribution in [2.24, 2.45) is 0 Å². The number of benzene rings is 1. The number of rotatable bonds is 2. The molecule has 0 bridgehead atoms. The smallest absolute Gasteiger partial charge is 0.0408 e. The van der Waals surface area contributed by atoms with Crippen LogP contribution in [0.1, 0.15) is 43.4 Å². The van der Waals surface area contributed by atoms with Crippen LogP contribution in [-0.4, -0.2) is 6.54 Å². The average Bonchev–Trinajstić information content (AvgIpc) is 2.63. The van der Waals surface area contributed by atoms with Crippen molar-refractivity contribution in [3.63, 3.8) is 0 Å². The van der Waals surface area contributed by atoms with E-state index in [1.807, 2.05) is 0 Å². The van der Waals surface area contributed by atoms with E-state index in [4.69, 9.17) is 0 Å². The predicted molar refractivity (Wildman–Crippen MR) is 62.1 cm³/mol. The Bertz CT molecular complexity index is 339. The Kier molecular flexibility index (Phi) is 2.49. The highest BCUT2D eigenvalue weighted by Gasteiger charge is 2.16. The Morgan fingerprint density at radius 3 is 2.79 bits per heavy atom. The normalized spacial score (nSPS) is 14.3. The molecule has 0 saturated heterocycles. The van der Waals surface area contributed by atoms with E-state index in [9.17, 15) is 0 Å². The van der Waals surface area contributed by atoms with Crippen LogP contribution < -0.4 is 5.32 Å². The van der Waals surface area contributed by atoms with E-state index in [1.165, 1.54) is 28.8 Å². The highest BCUT2D eigenvalue weighted by Crippen LogP contribution is 2.33. The lowest BCUT2D eigenvalue weighted by Crippen LogP contribution is -1.98. The minimum Gasteiger partial charge on any atom is -0.384 e. The number of fused-ring (bicyclic) bond motifs is 1. The topological polar surface area (TPSA) is 12.0 Å². The lowest BCUT2D eigenvalue weighted by atomic mass is 9.94. The van der Waals surface area contributed by atoms with Crippen molar-refractivity contribution >= 4 is 5.69 Å². The van der Waals surface area contributed by atoms with Gasteiger partial charge in [-0.05, 0) is 35.4 Å². The van der Waals surface area contributed by atoms with Gasteiger partial charge in [-0.15, -0.1) is 0 Å². The molecule has 1 heteroatoms. The third-order valence-electron chi connectivity index (χ3n) is 3.04. The van der Waals surface area contributed by atoms with Crippen LogP contribution in [0.3, 0.4) is 0 Å². The average molecular weight is 189 g/mol. The summed E-state index contributed by atoms with van der Waals surface area (Å²) < 4.78 is 0. The minimum absolute atomic E-state index is 0.626. The van der Waals surface area contributed by atoms with Crippen LogP contribution in [0.15, 0.2) is 12.1 Å². The second-order valence-corrected chi connectivity index (χ2v) is 4.40. The van der Waals surface area contributed by atoms with E-state index >= 15 is 0 Å². The van der Waals surface area contributed by atoms with Gasteiger partial charge in [-0.25, -0.2) is 0 Å². The molecule has 1 aliphatic rings. The molecule has 14 heavy (non-hydrogen) atoms. The standard InChI is InChI=1S/C13H19N/c1-4-10-7-11-5-6-14-13(11)12(8-10)9(2)3/h7-9,14H,4-6H2,1-3H3. The van der Waals surface area contributed by atoms with Crippen molar-refractivity contribution in [2.45, 2.75) is 39.5 Å². The second kappa shape index (κ2) is 3.64. The van der Waals surface area contributed by atoms with Gasteiger partial charge in [-0.3, -0.25) is 0 Å². The van der Waals surface area contributed by atoms with Gasteiger partial charge in [0.25, 0.3) is 0 Å². The first-order valence-electron chi connectivity index (χ1n) is 5.62. The van der Waals surface area contributed by atoms with E-state index in [2.05, 4.69) is 38.2 Å². The summed E-state index contributed by atoms with van der Waals surface area (Å²) in [6.45, 7) is 7.89. The molecule has 1 aliphatic heterocycles. The molecule has 0 spiro atoms. The van der Waals surface area contributed by atoms with E-state index in [0.717, 1.165) is 13.0 Å². The van der Waals surface area contributed by atoms with Crippen LogP contribution in [0.5, 0.6) is 0 Å². The largest absolute Gasteiger partial charge is 0.384 e. The molecule has 0 atom stereocenters. The summed E-state index contributed by atoms with van der Waals surface area (Å²) in [4.78, 5) is 0. The van der Waals surface area contributed by atoms with Gasteiger partial charge in [-0.1, -0.05) is 32.9 Å². The maximum atomic E-state index is 3.50. The Balaban J connectivity index is 2.52. The summed E-state index contributed by atoms with van der Waals surface area (Å²) in [6.07, 6.45) is 2.34. The van der Waals surface area contributed by atoms with Gasteiger partial charge in [0.2, 0.25) is 0 Å². The Morgan fingerprint density at radius 2 is 2.14 bits per heavy atom. The molecule has 1 aromatic carbocycles. The van der Waals surface area contributed by atoms with Gasteiger partial charge < -0.3 is 5.32 Å². The Hall–Kier alpha value is -0.980. The molecule has 0 aliphatic carbocycles. The van der Waals surface area contributed by atoms with Crippen LogP contribution in [0.4, 0.5) is 5.69 Å². The highest BCUT2D eigenvalue weighted by molar-refractivity contribution is 5.63. The summed E-state index contributed by atoms with van der Waals surface area (Å²) >= 11 is 0. The molecule has 1 heterocycles. The monoisotopic (exact) mass is 189 g/mol. The Morgan fingerprint density at radius 1 is 1.36 bits per heavy atom. The van der Waals surface area contributed by atoms with Crippen molar-refractivity contribution in [3.05, 3.63) is 28.8 Å². The molecule has 0 fully saturated rings. The first kappa shape index (κ1) is 9.57. The number of hydrogen-bond acceptors (Lipinski definition) is 1. The zero-order valence-corrected chi connectivity index (χ0v) is 9.35. The SMILES string of the molecule is CCc1cc2c(c(C(C)C)c1)NCC2. The lowest BCUT2D eigenvalue weighted by molar-refractivity contribution is 0.864. The molecule has 76 valence electrons. The molecule has 2 rings (SSSR count). The van der Waals surface area contributed by atoms with Crippen molar-refractivity contribution in [1.82, 2.24) is 0 Å². The molecule has 0 aromatic heterocycles. The van der Waals surface area contributed by atoms with E-state index in [0.29, 0.717) is 5.92 Å². The van der Waals surface area contributed by atoms with Crippen LogP contribution in [-0.2, 0) is 12.8 Å². The van der Waals surface area contributed by atoms with Gasteiger partial charge in [0.05, 0.1) is 0 Å². The van der Waals surface area contributed by atoms with Gasteiger partial charge in [0.15, 0.2) is 0 Å². The summed E-state index contributed by atoms with van der Waals surface area (Å²) in [5.74, 6) is 0.626. The fraction of sp³-hybridized carbons (Fsp3) is 0.538. The number of aryl methyl sites for hydroxylation is 1. The van der Waals surface area contributed by atoms with Crippen LogP contribution in [0.2, 0.25) is 0 Å². The maximum absolute atomic E-state index is 3.50. The van der Waals surface area contributed by atoms with E-state index in [-0.39, 0.29) is 0 Å². The van der Waals surface area contributed by atoms with Crippen molar-refractivity contribution < 1.29 is 0 Å². The molecule has 1 aromatic rings. The van der Waals surface area contributed by atoms with Gasteiger partial charge in [0, 0.05) is 12.2 Å². The summed E-state index contributed by atoms with van der Waals surface area (Å²) in [5, 5.41) is 3.50. The molecule has 0 radical (unpaired) electrons.